The second-order valence-corrected chi connectivity index (χ2v) is 6.42. The first kappa shape index (κ1) is 13.1. The van der Waals surface area contributed by atoms with Crippen molar-refractivity contribution in [1.29, 1.82) is 0 Å². The topological polar surface area (TPSA) is 15.3 Å². The average Bonchev–Trinajstić information content (AvgIpc) is 2.62. The van der Waals surface area contributed by atoms with E-state index < -0.39 is 0 Å². The van der Waals surface area contributed by atoms with Gasteiger partial charge in [0.2, 0.25) is 0 Å². The van der Waals surface area contributed by atoms with Crippen molar-refractivity contribution < 1.29 is 0 Å². The van der Waals surface area contributed by atoms with E-state index in [1.807, 2.05) is 0 Å². The van der Waals surface area contributed by atoms with Crippen LogP contribution in [0.2, 0.25) is 0 Å². The average molecular weight is 258 g/mol. The summed E-state index contributed by atoms with van der Waals surface area (Å²) < 4.78 is 0. The number of hydrogen-bond donors (Lipinski definition) is 1. The lowest BCUT2D eigenvalue weighted by Gasteiger charge is -2.42. The van der Waals surface area contributed by atoms with Crippen LogP contribution in [0.5, 0.6) is 0 Å². The van der Waals surface area contributed by atoms with Gasteiger partial charge in [-0.1, -0.05) is 37.3 Å². The summed E-state index contributed by atoms with van der Waals surface area (Å²) >= 11 is 0. The van der Waals surface area contributed by atoms with Crippen molar-refractivity contribution in [3.05, 3.63) is 35.9 Å². The highest BCUT2D eigenvalue weighted by Gasteiger charge is 2.32. The van der Waals surface area contributed by atoms with Crippen molar-refractivity contribution in [2.45, 2.75) is 44.7 Å². The minimum atomic E-state index is 0.626. The molecule has 0 aromatic heterocycles. The van der Waals surface area contributed by atoms with Crippen LogP contribution in [0.3, 0.4) is 0 Å². The van der Waals surface area contributed by atoms with E-state index in [9.17, 15) is 0 Å². The van der Waals surface area contributed by atoms with Crippen LogP contribution in [0.15, 0.2) is 30.3 Å². The number of nitrogens with zero attached hydrogens (tertiary/aromatic N) is 1. The predicted molar refractivity (Wildman–Crippen MR) is 80.3 cm³/mol. The third-order valence-electron chi connectivity index (χ3n) is 4.70. The summed E-state index contributed by atoms with van der Waals surface area (Å²) in [5.74, 6) is 0.953. The van der Waals surface area contributed by atoms with Gasteiger partial charge in [0.05, 0.1) is 0 Å². The van der Waals surface area contributed by atoms with Crippen molar-refractivity contribution in [3.8, 4) is 0 Å². The van der Waals surface area contributed by atoms with Gasteiger partial charge in [0, 0.05) is 18.6 Å². The highest BCUT2D eigenvalue weighted by Crippen LogP contribution is 2.31. The van der Waals surface area contributed by atoms with Gasteiger partial charge in [0.15, 0.2) is 0 Å². The lowest BCUT2D eigenvalue weighted by Crippen LogP contribution is -2.48. The fraction of sp³-hybridized carbons (Fsp3) is 0.647. The zero-order chi connectivity index (χ0) is 13.1. The van der Waals surface area contributed by atoms with Crippen molar-refractivity contribution in [2.75, 3.05) is 19.6 Å². The molecule has 0 bridgehead atoms. The monoisotopic (exact) mass is 258 g/mol. The fourth-order valence-corrected chi connectivity index (χ4v) is 3.55. The molecule has 2 heteroatoms. The molecule has 1 unspecified atom stereocenters. The lowest BCUT2D eigenvalue weighted by molar-refractivity contribution is 0.0847. The normalized spacial score (nSPS) is 32.6. The van der Waals surface area contributed by atoms with E-state index in [4.69, 9.17) is 0 Å². The molecule has 1 heterocycles. The summed E-state index contributed by atoms with van der Waals surface area (Å²) in [6.07, 6.45) is 5.30. The third kappa shape index (κ3) is 3.37. The van der Waals surface area contributed by atoms with Gasteiger partial charge < -0.3 is 5.32 Å². The van der Waals surface area contributed by atoms with E-state index in [0.29, 0.717) is 6.04 Å². The van der Waals surface area contributed by atoms with Crippen molar-refractivity contribution in [3.63, 3.8) is 0 Å². The van der Waals surface area contributed by atoms with Gasteiger partial charge >= 0.3 is 0 Å². The Morgan fingerprint density at radius 3 is 2.74 bits per heavy atom. The lowest BCUT2D eigenvalue weighted by atomic mass is 9.80. The van der Waals surface area contributed by atoms with Crippen LogP contribution in [0.4, 0.5) is 0 Å². The van der Waals surface area contributed by atoms with Crippen LogP contribution >= 0.6 is 0 Å². The van der Waals surface area contributed by atoms with Crippen molar-refractivity contribution in [2.24, 2.45) is 5.92 Å². The van der Waals surface area contributed by atoms with E-state index in [0.717, 1.165) is 12.0 Å². The smallest absolute Gasteiger partial charge is 0.0235 e. The molecule has 1 saturated heterocycles. The zero-order valence-corrected chi connectivity index (χ0v) is 12.0. The standard InChI is InChI=1S/C17H26N2/c1-14-10-17(11-14)19-9-5-8-18-16(13-19)12-15-6-3-2-4-7-15/h2-4,6-7,14,16-18H,5,8-13H2,1H3. The zero-order valence-electron chi connectivity index (χ0n) is 12.0. The first-order valence-corrected chi connectivity index (χ1v) is 7.82. The Kier molecular flexibility index (Phi) is 4.19. The maximum Gasteiger partial charge on any atom is 0.0235 e. The second-order valence-electron chi connectivity index (χ2n) is 6.42. The van der Waals surface area contributed by atoms with Gasteiger partial charge in [0.1, 0.15) is 0 Å². The number of rotatable bonds is 3. The summed E-state index contributed by atoms with van der Waals surface area (Å²) in [5.41, 5.74) is 1.46. The SMILES string of the molecule is CC1CC(N2CCCNC(Cc3ccccc3)C2)C1. The predicted octanol–water partition coefficient (Wildman–Crippen LogP) is 2.69. The van der Waals surface area contributed by atoms with Gasteiger partial charge in [-0.3, -0.25) is 4.90 Å². The first-order chi connectivity index (χ1) is 9.31. The molecule has 1 aliphatic carbocycles. The molecule has 1 N–H and O–H groups in total. The minimum absolute atomic E-state index is 0.626. The van der Waals surface area contributed by atoms with Crippen LogP contribution in [0, 0.1) is 5.92 Å². The fourth-order valence-electron chi connectivity index (χ4n) is 3.55. The molecule has 19 heavy (non-hydrogen) atoms. The Balaban J connectivity index is 1.58. The molecule has 1 aliphatic heterocycles. The quantitative estimate of drug-likeness (QED) is 0.897. The molecule has 1 saturated carbocycles. The van der Waals surface area contributed by atoms with E-state index in [-0.39, 0.29) is 0 Å². The van der Waals surface area contributed by atoms with Crippen LogP contribution in [-0.4, -0.2) is 36.6 Å². The van der Waals surface area contributed by atoms with Crippen molar-refractivity contribution in [1.82, 2.24) is 10.2 Å². The number of nitrogens with one attached hydrogen (secondary N) is 1. The first-order valence-electron chi connectivity index (χ1n) is 7.82. The van der Waals surface area contributed by atoms with Gasteiger partial charge in [-0.2, -0.15) is 0 Å². The number of benzene rings is 1. The molecule has 0 spiro atoms. The molecule has 3 rings (SSSR count). The molecule has 1 atom stereocenters. The molecule has 104 valence electrons. The van der Waals surface area contributed by atoms with Crippen LogP contribution in [0.25, 0.3) is 0 Å². The maximum absolute atomic E-state index is 3.73. The summed E-state index contributed by atoms with van der Waals surface area (Å²) in [6, 6.07) is 12.4. The molecule has 1 aromatic rings. The summed E-state index contributed by atoms with van der Waals surface area (Å²) in [5, 5.41) is 3.73. The second kappa shape index (κ2) is 6.06. The molecule has 0 radical (unpaired) electrons. The van der Waals surface area contributed by atoms with Gasteiger partial charge in [-0.15, -0.1) is 0 Å². The Bertz CT molecular complexity index is 384. The molecule has 2 aliphatic rings. The molecule has 2 nitrogen and oxygen atoms in total. The molecular formula is C17H26N2. The molecule has 1 aromatic carbocycles. The van der Waals surface area contributed by atoms with Gasteiger partial charge in [-0.05, 0) is 50.3 Å². The highest BCUT2D eigenvalue weighted by atomic mass is 15.2. The number of hydrogen-bond acceptors (Lipinski definition) is 2. The minimum Gasteiger partial charge on any atom is -0.312 e. The van der Waals surface area contributed by atoms with E-state index in [1.165, 1.54) is 50.9 Å². The third-order valence-corrected chi connectivity index (χ3v) is 4.70. The summed E-state index contributed by atoms with van der Waals surface area (Å²) in [4.78, 5) is 2.74. The van der Waals surface area contributed by atoms with E-state index >= 15 is 0 Å². The maximum atomic E-state index is 3.73. The van der Waals surface area contributed by atoms with E-state index in [2.05, 4.69) is 47.5 Å². The van der Waals surface area contributed by atoms with Gasteiger partial charge in [-0.25, -0.2) is 0 Å². The van der Waals surface area contributed by atoms with Crippen LogP contribution < -0.4 is 5.32 Å². The Morgan fingerprint density at radius 1 is 1.21 bits per heavy atom. The van der Waals surface area contributed by atoms with Crippen molar-refractivity contribution >= 4 is 0 Å². The Labute approximate surface area is 117 Å². The Hall–Kier alpha value is -0.860. The molecule has 2 fully saturated rings. The highest BCUT2D eigenvalue weighted by molar-refractivity contribution is 5.16. The largest absolute Gasteiger partial charge is 0.312 e. The van der Waals surface area contributed by atoms with E-state index in [1.54, 1.807) is 0 Å². The summed E-state index contributed by atoms with van der Waals surface area (Å²) in [6.45, 7) is 6.08. The summed E-state index contributed by atoms with van der Waals surface area (Å²) in [7, 11) is 0. The van der Waals surface area contributed by atoms with Crippen LogP contribution in [0.1, 0.15) is 31.7 Å². The van der Waals surface area contributed by atoms with Crippen LogP contribution in [-0.2, 0) is 6.42 Å². The molecule has 0 amide bonds. The van der Waals surface area contributed by atoms with Gasteiger partial charge in [0.25, 0.3) is 0 Å². The molecular weight excluding hydrogens is 232 g/mol. The Morgan fingerprint density at radius 2 is 2.00 bits per heavy atom.